The van der Waals surface area contributed by atoms with Crippen LogP contribution in [0.1, 0.15) is 23.4 Å². The molecule has 0 amide bonds. The van der Waals surface area contributed by atoms with E-state index in [0.717, 1.165) is 9.90 Å². The first-order valence-electron chi connectivity index (χ1n) is 5.60. The van der Waals surface area contributed by atoms with E-state index in [0.29, 0.717) is 21.6 Å². The average molecular weight is 355 g/mol. The van der Waals surface area contributed by atoms with Crippen molar-refractivity contribution in [3.05, 3.63) is 54.1 Å². The molecular formula is C13H11Cl4NS. The van der Waals surface area contributed by atoms with Crippen LogP contribution < -0.4 is 5.32 Å². The predicted octanol–water partition coefficient (Wildman–Crippen LogP) is 6.21. The fraction of sp³-hybridized carbons (Fsp3) is 0.231. The molecule has 1 atom stereocenters. The second-order valence-corrected chi connectivity index (χ2v) is 7.01. The minimum Gasteiger partial charge on any atom is -0.305 e. The smallest absolute Gasteiger partial charge is 0.0931 e. The maximum Gasteiger partial charge on any atom is 0.0931 e. The lowest BCUT2D eigenvalue weighted by molar-refractivity contribution is 0.583. The summed E-state index contributed by atoms with van der Waals surface area (Å²) in [5, 5.41) is 4.98. The van der Waals surface area contributed by atoms with Crippen molar-refractivity contribution in [3.8, 4) is 0 Å². The van der Waals surface area contributed by atoms with Gasteiger partial charge < -0.3 is 5.32 Å². The maximum atomic E-state index is 6.16. The normalized spacial score (nSPS) is 12.7. The van der Waals surface area contributed by atoms with Crippen LogP contribution >= 0.6 is 57.7 Å². The van der Waals surface area contributed by atoms with Gasteiger partial charge in [-0.15, -0.1) is 11.3 Å². The molecule has 1 unspecified atom stereocenters. The first kappa shape index (κ1) is 15.4. The second kappa shape index (κ2) is 6.66. The molecule has 1 N–H and O–H groups in total. The Morgan fingerprint density at radius 2 is 1.74 bits per heavy atom. The summed E-state index contributed by atoms with van der Waals surface area (Å²) in [6, 6.07) is 7.51. The zero-order valence-corrected chi connectivity index (χ0v) is 13.9. The van der Waals surface area contributed by atoms with Crippen molar-refractivity contribution in [2.75, 3.05) is 0 Å². The molecule has 0 aliphatic rings. The molecule has 0 bridgehead atoms. The number of rotatable bonds is 4. The third-order valence-corrected chi connectivity index (χ3v) is 5.36. The van der Waals surface area contributed by atoms with Gasteiger partial charge in [0.25, 0.3) is 0 Å². The van der Waals surface area contributed by atoms with Crippen LogP contribution in [-0.4, -0.2) is 0 Å². The van der Waals surface area contributed by atoms with E-state index in [9.17, 15) is 0 Å². The van der Waals surface area contributed by atoms with Crippen molar-refractivity contribution in [2.24, 2.45) is 0 Å². The lowest BCUT2D eigenvalue weighted by Gasteiger charge is -2.14. The fourth-order valence-corrected chi connectivity index (χ4v) is 3.42. The highest BCUT2D eigenvalue weighted by Gasteiger charge is 2.12. The first-order chi connectivity index (χ1) is 8.99. The molecule has 0 aliphatic carbocycles. The van der Waals surface area contributed by atoms with E-state index in [1.54, 1.807) is 23.5 Å². The summed E-state index contributed by atoms with van der Waals surface area (Å²) in [6.45, 7) is 2.61. The SMILES string of the molecule is CC(NCc1c(Cl)ccc(Cl)c1Cl)c1ccc(Cl)s1. The minimum absolute atomic E-state index is 0.170. The first-order valence-corrected chi connectivity index (χ1v) is 7.93. The molecule has 0 aliphatic heterocycles. The fourth-order valence-electron chi connectivity index (χ4n) is 1.65. The van der Waals surface area contributed by atoms with Crippen molar-refractivity contribution in [1.29, 1.82) is 0 Å². The summed E-state index contributed by atoms with van der Waals surface area (Å²) < 4.78 is 0.780. The van der Waals surface area contributed by atoms with E-state index in [2.05, 4.69) is 12.2 Å². The molecule has 0 saturated heterocycles. The molecule has 0 spiro atoms. The highest BCUT2D eigenvalue weighted by molar-refractivity contribution is 7.16. The Kier molecular flexibility index (Phi) is 5.41. The highest BCUT2D eigenvalue weighted by atomic mass is 35.5. The maximum absolute atomic E-state index is 6.16. The standard InChI is InChI=1S/C13H11Cl4NS/c1-7(11-4-5-12(16)19-11)18-6-8-9(14)2-3-10(15)13(8)17/h2-5,7,18H,6H2,1H3. The largest absolute Gasteiger partial charge is 0.305 e. The summed E-state index contributed by atoms with van der Waals surface area (Å²) >= 11 is 25.8. The van der Waals surface area contributed by atoms with E-state index in [4.69, 9.17) is 46.4 Å². The van der Waals surface area contributed by atoms with Gasteiger partial charge in [-0.05, 0) is 31.2 Å². The number of hydrogen-bond acceptors (Lipinski definition) is 2. The minimum atomic E-state index is 0.170. The van der Waals surface area contributed by atoms with E-state index in [1.807, 2.05) is 12.1 Å². The van der Waals surface area contributed by atoms with E-state index in [1.165, 1.54) is 4.88 Å². The van der Waals surface area contributed by atoms with Crippen molar-refractivity contribution < 1.29 is 0 Å². The Morgan fingerprint density at radius 1 is 1.05 bits per heavy atom. The third kappa shape index (κ3) is 3.78. The zero-order valence-electron chi connectivity index (χ0n) is 10.0. The Hall–Kier alpha value is 0.0400. The number of nitrogens with one attached hydrogen (secondary N) is 1. The molecule has 0 fully saturated rings. The summed E-state index contributed by atoms with van der Waals surface area (Å²) in [7, 11) is 0. The molecule has 0 radical (unpaired) electrons. The molecule has 6 heteroatoms. The molecule has 1 heterocycles. The lowest BCUT2D eigenvalue weighted by atomic mass is 10.2. The van der Waals surface area contributed by atoms with Crippen LogP contribution in [0.25, 0.3) is 0 Å². The van der Waals surface area contributed by atoms with Crippen molar-refractivity contribution in [1.82, 2.24) is 5.32 Å². The van der Waals surface area contributed by atoms with E-state index < -0.39 is 0 Å². The number of halogens is 4. The molecule has 19 heavy (non-hydrogen) atoms. The average Bonchev–Trinajstić information content (AvgIpc) is 2.80. The Bertz CT molecular complexity index is 582. The Balaban J connectivity index is 2.09. The molecular weight excluding hydrogens is 344 g/mol. The van der Waals surface area contributed by atoms with Crippen molar-refractivity contribution in [2.45, 2.75) is 19.5 Å². The molecule has 1 aromatic heterocycles. The van der Waals surface area contributed by atoms with Crippen LogP contribution in [-0.2, 0) is 6.54 Å². The van der Waals surface area contributed by atoms with Gasteiger partial charge in [0.2, 0.25) is 0 Å². The summed E-state index contributed by atoms with van der Waals surface area (Å²) in [5.74, 6) is 0. The van der Waals surface area contributed by atoms with Gasteiger partial charge in [-0.3, -0.25) is 0 Å². The van der Waals surface area contributed by atoms with Crippen LogP contribution in [0.15, 0.2) is 24.3 Å². The lowest BCUT2D eigenvalue weighted by Crippen LogP contribution is -2.17. The van der Waals surface area contributed by atoms with E-state index >= 15 is 0 Å². The number of thiophene rings is 1. The van der Waals surface area contributed by atoms with Crippen LogP contribution in [0.5, 0.6) is 0 Å². The van der Waals surface area contributed by atoms with Crippen molar-refractivity contribution >= 4 is 57.7 Å². The summed E-state index contributed by atoms with van der Waals surface area (Å²) in [4.78, 5) is 1.17. The number of hydrogen-bond donors (Lipinski definition) is 1. The predicted molar refractivity (Wildman–Crippen MR) is 86.1 cm³/mol. The number of benzene rings is 1. The Morgan fingerprint density at radius 3 is 2.37 bits per heavy atom. The van der Waals surface area contributed by atoms with Crippen LogP contribution in [0.2, 0.25) is 19.4 Å². The van der Waals surface area contributed by atoms with Crippen molar-refractivity contribution in [3.63, 3.8) is 0 Å². The van der Waals surface area contributed by atoms with Gasteiger partial charge in [0.05, 0.1) is 14.4 Å². The zero-order chi connectivity index (χ0) is 14.0. The van der Waals surface area contributed by atoms with Crippen LogP contribution in [0.3, 0.4) is 0 Å². The monoisotopic (exact) mass is 353 g/mol. The highest BCUT2D eigenvalue weighted by Crippen LogP contribution is 2.32. The van der Waals surface area contributed by atoms with Gasteiger partial charge in [-0.2, -0.15) is 0 Å². The summed E-state index contributed by atoms with van der Waals surface area (Å²) in [6.07, 6.45) is 0. The quantitative estimate of drug-likeness (QED) is 0.643. The third-order valence-electron chi connectivity index (χ3n) is 2.74. The molecule has 102 valence electrons. The van der Waals surface area contributed by atoms with Gasteiger partial charge in [0, 0.05) is 28.0 Å². The van der Waals surface area contributed by atoms with Gasteiger partial charge in [-0.25, -0.2) is 0 Å². The second-order valence-electron chi connectivity index (χ2n) is 4.07. The summed E-state index contributed by atoms with van der Waals surface area (Å²) in [5.41, 5.74) is 0.810. The molecule has 2 aromatic rings. The van der Waals surface area contributed by atoms with E-state index in [-0.39, 0.29) is 6.04 Å². The molecule has 0 saturated carbocycles. The Labute approximate surface area is 136 Å². The van der Waals surface area contributed by atoms with Gasteiger partial charge in [0.15, 0.2) is 0 Å². The van der Waals surface area contributed by atoms with Crippen LogP contribution in [0, 0.1) is 0 Å². The molecule has 2 rings (SSSR count). The van der Waals surface area contributed by atoms with Gasteiger partial charge in [-0.1, -0.05) is 46.4 Å². The topological polar surface area (TPSA) is 12.0 Å². The molecule has 1 aromatic carbocycles. The molecule has 1 nitrogen and oxygen atoms in total. The van der Waals surface area contributed by atoms with Crippen LogP contribution in [0.4, 0.5) is 0 Å². The van der Waals surface area contributed by atoms with Gasteiger partial charge in [0.1, 0.15) is 0 Å². The van der Waals surface area contributed by atoms with Gasteiger partial charge >= 0.3 is 0 Å².